The van der Waals surface area contributed by atoms with Gasteiger partial charge in [-0.05, 0) is 30.3 Å². The first-order valence-electron chi connectivity index (χ1n) is 10.4. The zero-order valence-corrected chi connectivity index (χ0v) is 18.3. The number of anilines is 3. The van der Waals surface area contributed by atoms with Gasteiger partial charge in [0.25, 0.3) is 0 Å². The lowest BCUT2D eigenvalue weighted by Crippen LogP contribution is -2.47. The lowest BCUT2D eigenvalue weighted by Gasteiger charge is -2.36. The molecule has 4 aromatic rings. The third-order valence-corrected chi connectivity index (χ3v) is 5.78. The van der Waals surface area contributed by atoms with Crippen molar-refractivity contribution in [1.82, 2.24) is 24.7 Å². The van der Waals surface area contributed by atoms with E-state index in [0.717, 1.165) is 49.3 Å². The topological polar surface area (TPSA) is 92.1 Å². The van der Waals surface area contributed by atoms with Gasteiger partial charge in [-0.3, -0.25) is 4.79 Å². The van der Waals surface area contributed by atoms with Gasteiger partial charge in [-0.2, -0.15) is 5.10 Å². The van der Waals surface area contributed by atoms with E-state index in [-0.39, 0.29) is 17.5 Å². The summed E-state index contributed by atoms with van der Waals surface area (Å²) in [7, 11) is 0. The van der Waals surface area contributed by atoms with E-state index < -0.39 is 5.82 Å². The van der Waals surface area contributed by atoms with Crippen molar-refractivity contribution in [3.05, 3.63) is 66.0 Å². The summed E-state index contributed by atoms with van der Waals surface area (Å²) in [6, 6.07) is 9.70. The Labute approximate surface area is 193 Å². The summed E-state index contributed by atoms with van der Waals surface area (Å²) in [5.41, 5.74) is 0.896. The number of fused-ring (bicyclic) bond motifs is 1. The molecule has 3 aromatic heterocycles. The van der Waals surface area contributed by atoms with Gasteiger partial charge in [-0.25, -0.2) is 24.0 Å². The average Bonchev–Trinajstić information content (AvgIpc) is 3.24. The highest BCUT2D eigenvalue weighted by atomic mass is 35.5. The molecule has 1 aliphatic heterocycles. The average molecular weight is 467 g/mol. The summed E-state index contributed by atoms with van der Waals surface area (Å²) in [5, 5.41) is 7.92. The Bertz CT molecular complexity index is 1290. The van der Waals surface area contributed by atoms with Gasteiger partial charge in [-0.1, -0.05) is 17.7 Å². The van der Waals surface area contributed by atoms with E-state index in [0.29, 0.717) is 11.3 Å². The molecular formula is C22H20ClFN8O. The van der Waals surface area contributed by atoms with E-state index in [2.05, 4.69) is 35.2 Å². The number of aromatic nitrogens is 5. The Hall–Kier alpha value is -3.79. The normalized spacial score (nSPS) is 14.0. The van der Waals surface area contributed by atoms with E-state index in [4.69, 9.17) is 11.6 Å². The summed E-state index contributed by atoms with van der Waals surface area (Å²) in [5.74, 6) is 0.929. The van der Waals surface area contributed by atoms with Gasteiger partial charge in [0.2, 0.25) is 5.91 Å². The van der Waals surface area contributed by atoms with Crippen molar-refractivity contribution < 1.29 is 9.18 Å². The molecule has 0 aliphatic carbocycles. The first kappa shape index (κ1) is 21.1. The molecule has 1 aromatic carbocycles. The maximum atomic E-state index is 13.2. The number of nitrogens with one attached hydrogen (secondary N) is 1. The fraction of sp³-hybridized carbons (Fsp3) is 0.227. The second-order valence-electron chi connectivity index (χ2n) is 7.57. The van der Waals surface area contributed by atoms with Gasteiger partial charge in [0, 0.05) is 32.4 Å². The minimum atomic E-state index is -0.471. The molecule has 0 atom stereocenters. The molecule has 1 amide bonds. The van der Waals surface area contributed by atoms with E-state index >= 15 is 0 Å². The van der Waals surface area contributed by atoms with E-state index in [1.54, 1.807) is 12.4 Å². The first-order chi connectivity index (χ1) is 16.1. The van der Waals surface area contributed by atoms with Crippen molar-refractivity contribution in [3.63, 3.8) is 0 Å². The lowest BCUT2D eigenvalue weighted by molar-refractivity contribution is -0.116. The molecule has 1 N–H and O–H groups in total. The molecule has 0 spiro atoms. The summed E-state index contributed by atoms with van der Waals surface area (Å²) in [6.45, 7) is 3.12. The van der Waals surface area contributed by atoms with E-state index in [1.165, 1.54) is 23.1 Å². The maximum Gasteiger partial charge on any atom is 0.246 e. The Morgan fingerprint density at radius 3 is 2.64 bits per heavy atom. The molecule has 0 saturated carbocycles. The van der Waals surface area contributed by atoms with Crippen molar-refractivity contribution in [2.75, 3.05) is 41.3 Å². The first-order valence-corrected chi connectivity index (χ1v) is 10.8. The van der Waals surface area contributed by atoms with Crippen LogP contribution < -0.4 is 15.1 Å². The van der Waals surface area contributed by atoms with E-state index in [9.17, 15) is 9.18 Å². The number of hydrogen-bond acceptors (Lipinski definition) is 7. The number of rotatable bonds is 5. The smallest absolute Gasteiger partial charge is 0.246 e. The van der Waals surface area contributed by atoms with Crippen LogP contribution in [0, 0.1) is 5.82 Å². The number of carbonyl (C=O) groups excluding carboxylic acids is 1. The third kappa shape index (κ3) is 4.42. The minimum Gasteiger partial charge on any atom is -0.353 e. The lowest BCUT2D eigenvalue weighted by atomic mass is 10.2. The molecule has 168 valence electrons. The van der Waals surface area contributed by atoms with Crippen LogP contribution in [0.3, 0.4) is 0 Å². The number of piperazine rings is 1. The number of nitrogens with zero attached hydrogens (tertiary/aromatic N) is 7. The zero-order valence-electron chi connectivity index (χ0n) is 17.5. The monoisotopic (exact) mass is 466 g/mol. The Balaban J connectivity index is 1.30. The SMILES string of the molecule is O=C(Cn1ncc2c(N3CCN(c4ccccn4)CC3)ncnc21)Nc1ccc(F)cc1Cl. The molecule has 0 bridgehead atoms. The quantitative estimate of drug-likeness (QED) is 0.483. The van der Waals surface area contributed by atoms with Gasteiger partial charge in [0.05, 0.1) is 22.3 Å². The van der Waals surface area contributed by atoms with E-state index in [1.807, 2.05) is 18.2 Å². The molecule has 9 nitrogen and oxygen atoms in total. The summed E-state index contributed by atoms with van der Waals surface area (Å²) < 4.78 is 14.7. The Morgan fingerprint density at radius 2 is 1.88 bits per heavy atom. The van der Waals surface area contributed by atoms with Crippen molar-refractivity contribution in [2.45, 2.75) is 6.54 Å². The highest BCUT2D eigenvalue weighted by Gasteiger charge is 2.22. The van der Waals surface area contributed by atoms with Gasteiger partial charge in [0.1, 0.15) is 30.3 Å². The zero-order chi connectivity index (χ0) is 22.8. The molecule has 1 saturated heterocycles. The highest BCUT2D eigenvalue weighted by Crippen LogP contribution is 2.25. The fourth-order valence-electron chi connectivity index (χ4n) is 3.85. The number of halogens is 2. The summed E-state index contributed by atoms with van der Waals surface area (Å²) >= 11 is 6.00. The highest BCUT2D eigenvalue weighted by molar-refractivity contribution is 6.33. The minimum absolute atomic E-state index is 0.0683. The number of pyridine rings is 1. The van der Waals surface area contributed by atoms with Crippen LogP contribution in [-0.2, 0) is 11.3 Å². The molecular weight excluding hydrogens is 447 g/mol. The van der Waals surface area contributed by atoms with Crippen LogP contribution in [0.1, 0.15) is 0 Å². The van der Waals surface area contributed by atoms with Crippen LogP contribution in [0.4, 0.5) is 21.7 Å². The van der Waals surface area contributed by atoms with Crippen LogP contribution in [0.25, 0.3) is 11.0 Å². The van der Waals surface area contributed by atoms with Gasteiger partial charge < -0.3 is 15.1 Å². The van der Waals surface area contributed by atoms with Crippen LogP contribution >= 0.6 is 11.6 Å². The van der Waals surface area contributed by atoms with Gasteiger partial charge >= 0.3 is 0 Å². The number of amides is 1. The largest absolute Gasteiger partial charge is 0.353 e. The van der Waals surface area contributed by atoms with Crippen LogP contribution in [-0.4, -0.2) is 56.8 Å². The number of hydrogen-bond donors (Lipinski definition) is 1. The summed E-state index contributed by atoms with van der Waals surface area (Å²) in [4.78, 5) is 30.2. The fourth-order valence-corrected chi connectivity index (χ4v) is 4.07. The van der Waals surface area contributed by atoms with Crippen molar-refractivity contribution in [1.29, 1.82) is 0 Å². The molecule has 4 heterocycles. The molecule has 5 rings (SSSR count). The number of benzene rings is 1. The van der Waals surface area contributed by atoms with Crippen molar-refractivity contribution in [2.24, 2.45) is 0 Å². The number of carbonyl (C=O) groups is 1. The molecule has 1 aliphatic rings. The second kappa shape index (κ2) is 8.99. The third-order valence-electron chi connectivity index (χ3n) is 5.46. The molecule has 11 heteroatoms. The van der Waals surface area contributed by atoms with Gasteiger partial charge in [-0.15, -0.1) is 0 Å². The van der Waals surface area contributed by atoms with Gasteiger partial charge in [0.15, 0.2) is 5.65 Å². The maximum absolute atomic E-state index is 13.2. The van der Waals surface area contributed by atoms with Crippen molar-refractivity contribution in [3.8, 4) is 0 Å². The van der Waals surface area contributed by atoms with Crippen molar-refractivity contribution >= 4 is 45.9 Å². The van der Waals surface area contributed by atoms with Crippen LogP contribution in [0.15, 0.2) is 55.1 Å². The standard InChI is InChI=1S/C22H20ClFN8O/c23-17-11-15(24)4-5-18(17)29-20(33)13-32-22-16(12-28-32)21(26-14-27-22)31-9-7-30(8-10-31)19-3-1-2-6-25-19/h1-6,11-12,14H,7-10,13H2,(H,29,33). The van der Waals surface area contributed by atoms with Crippen LogP contribution in [0.2, 0.25) is 5.02 Å². The molecule has 0 unspecified atom stereocenters. The predicted molar refractivity (Wildman–Crippen MR) is 124 cm³/mol. The Morgan fingerprint density at radius 1 is 1.06 bits per heavy atom. The molecule has 33 heavy (non-hydrogen) atoms. The van der Waals surface area contributed by atoms with Crippen LogP contribution in [0.5, 0.6) is 0 Å². The summed E-state index contributed by atoms with van der Waals surface area (Å²) in [6.07, 6.45) is 4.95. The molecule has 0 radical (unpaired) electrons. The predicted octanol–water partition coefficient (Wildman–Crippen LogP) is 2.98. The Kier molecular flexibility index (Phi) is 5.74. The second-order valence-corrected chi connectivity index (χ2v) is 7.98. The molecule has 1 fully saturated rings.